The molecule has 0 aliphatic heterocycles. The molecule has 0 heterocycles. The first-order valence-electron chi connectivity index (χ1n) is 7.29. The standard InChI is InChI=1S/C17H25FN2/c1-5-13(2)12-20(15(4)10-14(3)18)17-8-6-16(11-19)7-9-17/h5,10,13,16-17H,1,3,6-9,12H2,2,4H3. The van der Waals surface area contributed by atoms with Gasteiger partial charge in [-0.1, -0.05) is 19.6 Å². The summed E-state index contributed by atoms with van der Waals surface area (Å²) in [5.41, 5.74) is 0.909. The van der Waals surface area contributed by atoms with E-state index in [0.29, 0.717) is 12.0 Å². The second kappa shape index (κ2) is 7.89. The van der Waals surface area contributed by atoms with Gasteiger partial charge in [-0.15, -0.1) is 6.58 Å². The van der Waals surface area contributed by atoms with Crippen LogP contribution in [0.1, 0.15) is 39.5 Å². The molecule has 0 saturated heterocycles. The minimum atomic E-state index is -0.413. The van der Waals surface area contributed by atoms with Crippen molar-refractivity contribution in [3.8, 4) is 6.07 Å². The number of rotatable bonds is 6. The van der Waals surface area contributed by atoms with E-state index in [4.69, 9.17) is 5.26 Å². The van der Waals surface area contributed by atoms with Crippen LogP contribution in [0.25, 0.3) is 0 Å². The van der Waals surface area contributed by atoms with Crippen LogP contribution in [0, 0.1) is 23.2 Å². The maximum atomic E-state index is 13.1. The van der Waals surface area contributed by atoms with Crippen LogP contribution in [-0.2, 0) is 0 Å². The molecule has 0 aromatic carbocycles. The summed E-state index contributed by atoms with van der Waals surface area (Å²) in [6, 6.07) is 2.74. The third kappa shape index (κ3) is 4.85. The highest BCUT2D eigenvalue weighted by Gasteiger charge is 2.26. The van der Waals surface area contributed by atoms with Crippen LogP contribution in [0.2, 0.25) is 0 Å². The molecule has 20 heavy (non-hydrogen) atoms. The van der Waals surface area contributed by atoms with Crippen LogP contribution < -0.4 is 0 Å². The molecule has 0 radical (unpaired) electrons. The van der Waals surface area contributed by atoms with Crippen molar-refractivity contribution < 1.29 is 4.39 Å². The lowest BCUT2D eigenvalue weighted by atomic mass is 9.85. The molecule has 0 bridgehead atoms. The molecule has 1 unspecified atom stereocenters. The Labute approximate surface area is 122 Å². The Hall–Kier alpha value is -1.56. The summed E-state index contributed by atoms with van der Waals surface area (Å²) in [6.45, 7) is 12.0. The summed E-state index contributed by atoms with van der Waals surface area (Å²) >= 11 is 0. The molecule has 0 N–H and O–H groups in total. The fourth-order valence-corrected chi connectivity index (χ4v) is 2.79. The Morgan fingerprint density at radius 2 is 2.05 bits per heavy atom. The minimum absolute atomic E-state index is 0.186. The smallest absolute Gasteiger partial charge is 0.117 e. The first kappa shape index (κ1) is 16.5. The zero-order chi connectivity index (χ0) is 15.1. The molecule has 1 saturated carbocycles. The van der Waals surface area contributed by atoms with Gasteiger partial charge in [-0.05, 0) is 44.6 Å². The summed E-state index contributed by atoms with van der Waals surface area (Å²) in [7, 11) is 0. The van der Waals surface area contributed by atoms with E-state index >= 15 is 0 Å². The van der Waals surface area contributed by atoms with Crippen LogP contribution >= 0.6 is 0 Å². The maximum absolute atomic E-state index is 13.1. The van der Waals surface area contributed by atoms with Crippen LogP contribution in [0.4, 0.5) is 4.39 Å². The fourth-order valence-electron chi connectivity index (χ4n) is 2.79. The number of nitrogens with zero attached hydrogens (tertiary/aromatic N) is 2. The molecule has 1 fully saturated rings. The maximum Gasteiger partial charge on any atom is 0.117 e. The molecule has 0 aromatic heterocycles. The Morgan fingerprint density at radius 1 is 1.45 bits per heavy atom. The average molecular weight is 276 g/mol. The van der Waals surface area contributed by atoms with Gasteiger partial charge in [0.2, 0.25) is 0 Å². The monoisotopic (exact) mass is 276 g/mol. The van der Waals surface area contributed by atoms with Crippen molar-refractivity contribution in [1.29, 1.82) is 5.26 Å². The first-order chi connectivity index (χ1) is 9.47. The molecule has 0 spiro atoms. The third-order valence-corrected chi connectivity index (χ3v) is 4.03. The molecule has 110 valence electrons. The van der Waals surface area contributed by atoms with Crippen LogP contribution in [-0.4, -0.2) is 17.5 Å². The van der Waals surface area contributed by atoms with Gasteiger partial charge < -0.3 is 4.90 Å². The predicted octanol–water partition coefficient (Wildman–Crippen LogP) is 4.58. The summed E-state index contributed by atoms with van der Waals surface area (Å²) in [4.78, 5) is 2.25. The Balaban J connectivity index is 2.80. The number of allylic oxidation sites excluding steroid dienone is 3. The highest BCUT2D eigenvalue weighted by molar-refractivity contribution is 5.14. The van der Waals surface area contributed by atoms with Crippen LogP contribution in [0.15, 0.2) is 36.8 Å². The van der Waals surface area contributed by atoms with Gasteiger partial charge in [0.15, 0.2) is 0 Å². The molecular weight excluding hydrogens is 251 g/mol. The van der Waals surface area contributed by atoms with Crippen molar-refractivity contribution in [2.45, 2.75) is 45.6 Å². The topological polar surface area (TPSA) is 27.0 Å². The lowest BCUT2D eigenvalue weighted by Crippen LogP contribution is -2.39. The van der Waals surface area contributed by atoms with Gasteiger partial charge in [0.1, 0.15) is 5.83 Å². The Morgan fingerprint density at radius 3 is 2.50 bits per heavy atom. The normalized spacial score (nSPS) is 24.6. The highest BCUT2D eigenvalue weighted by Crippen LogP contribution is 2.30. The lowest BCUT2D eigenvalue weighted by Gasteiger charge is -2.39. The lowest BCUT2D eigenvalue weighted by molar-refractivity contribution is 0.175. The van der Waals surface area contributed by atoms with Crippen molar-refractivity contribution >= 4 is 0 Å². The van der Waals surface area contributed by atoms with E-state index in [0.717, 1.165) is 37.9 Å². The molecule has 1 rings (SSSR count). The van der Waals surface area contributed by atoms with Gasteiger partial charge in [0.25, 0.3) is 0 Å². The predicted molar refractivity (Wildman–Crippen MR) is 81.4 cm³/mol. The molecule has 1 aliphatic carbocycles. The van der Waals surface area contributed by atoms with E-state index in [1.54, 1.807) is 0 Å². The molecule has 2 nitrogen and oxygen atoms in total. The first-order valence-corrected chi connectivity index (χ1v) is 7.29. The zero-order valence-corrected chi connectivity index (χ0v) is 12.6. The van der Waals surface area contributed by atoms with E-state index in [1.165, 1.54) is 6.08 Å². The molecule has 3 heteroatoms. The Bertz CT molecular complexity index is 411. The van der Waals surface area contributed by atoms with Crippen LogP contribution in [0.5, 0.6) is 0 Å². The van der Waals surface area contributed by atoms with Gasteiger partial charge >= 0.3 is 0 Å². The second-order valence-corrected chi connectivity index (χ2v) is 5.73. The van der Waals surface area contributed by atoms with Gasteiger partial charge in [0, 0.05) is 24.2 Å². The number of nitriles is 1. The van der Waals surface area contributed by atoms with E-state index in [-0.39, 0.29) is 5.92 Å². The van der Waals surface area contributed by atoms with Gasteiger partial charge in [-0.3, -0.25) is 0 Å². The highest BCUT2D eigenvalue weighted by atomic mass is 19.1. The van der Waals surface area contributed by atoms with E-state index in [2.05, 4.69) is 31.1 Å². The molecule has 1 atom stereocenters. The molecule has 0 amide bonds. The van der Waals surface area contributed by atoms with Crippen molar-refractivity contribution in [3.63, 3.8) is 0 Å². The van der Waals surface area contributed by atoms with E-state index in [9.17, 15) is 4.39 Å². The SMILES string of the molecule is C=CC(C)CN(C(C)=CC(=C)F)C1CCC(C#N)CC1. The molecule has 1 aliphatic rings. The second-order valence-electron chi connectivity index (χ2n) is 5.73. The minimum Gasteiger partial charge on any atom is -0.371 e. The van der Waals surface area contributed by atoms with E-state index in [1.807, 2.05) is 13.0 Å². The van der Waals surface area contributed by atoms with Gasteiger partial charge in [0.05, 0.1) is 6.07 Å². The van der Waals surface area contributed by atoms with Gasteiger partial charge in [-0.25, -0.2) is 4.39 Å². The summed E-state index contributed by atoms with van der Waals surface area (Å²) in [5, 5.41) is 8.98. The van der Waals surface area contributed by atoms with Crippen molar-refractivity contribution in [1.82, 2.24) is 4.90 Å². The van der Waals surface area contributed by atoms with E-state index < -0.39 is 5.83 Å². The molecular formula is C17H25FN2. The van der Waals surface area contributed by atoms with Crippen molar-refractivity contribution in [3.05, 3.63) is 36.8 Å². The largest absolute Gasteiger partial charge is 0.371 e. The number of hydrogen-bond acceptors (Lipinski definition) is 2. The van der Waals surface area contributed by atoms with Crippen molar-refractivity contribution in [2.75, 3.05) is 6.54 Å². The van der Waals surface area contributed by atoms with Crippen LogP contribution in [0.3, 0.4) is 0 Å². The number of halogens is 1. The summed E-state index contributed by atoms with van der Waals surface area (Å²) < 4.78 is 13.1. The van der Waals surface area contributed by atoms with Gasteiger partial charge in [-0.2, -0.15) is 5.26 Å². The molecule has 0 aromatic rings. The fraction of sp³-hybridized carbons (Fsp3) is 0.588. The quantitative estimate of drug-likeness (QED) is 0.524. The van der Waals surface area contributed by atoms with Crippen molar-refractivity contribution in [2.24, 2.45) is 11.8 Å². The number of hydrogen-bond donors (Lipinski definition) is 0. The summed E-state index contributed by atoms with van der Waals surface area (Å²) in [6.07, 6.45) is 7.27. The Kier molecular flexibility index (Phi) is 6.51. The summed E-state index contributed by atoms with van der Waals surface area (Å²) in [5.74, 6) is 0.120. The average Bonchev–Trinajstić information content (AvgIpc) is 2.43. The third-order valence-electron chi connectivity index (χ3n) is 4.03. The zero-order valence-electron chi connectivity index (χ0n) is 12.6.